The molecule has 26 heavy (non-hydrogen) atoms. The van der Waals surface area contributed by atoms with Crippen LogP contribution in [0.1, 0.15) is 5.82 Å². The summed E-state index contributed by atoms with van der Waals surface area (Å²) >= 11 is 6.09. The highest BCUT2D eigenvalue weighted by Gasteiger charge is 2.22. The number of carbonyl (C=O) groups is 1. The van der Waals surface area contributed by atoms with E-state index in [9.17, 15) is 4.79 Å². The van der Waals surface area contributed by atoms with Crippen molar-refractivity contribution in [3.63, 3.8) is 0 Å². The number of anilines is 1. The summed E-state index contributed by atoms with van der Waals surface area (Å²) in [5.41, 5.74) is 3.06. The second kappa shape index (κ2) is 7.00. The third kappa shape index (κ3) is 3.27. The van der Waals surface area contributed by atoms with Crippen molar-refractivity contribution in [1.29, 1.82) is 0 Å². The van der Waals surface area contributed by atoms with Crippen LogP contribution in [0.3, 0.4) is 0 Å². The zero-order chi connectivity index (χ0) is 18.1. The van der Waals surface area contributed by atoms with E-state index in [1.54, 1.807) is 0 Å². The summed E-state index contributed by atoms with van der Waals surface area (Å²) in [6.07, 6.45) is 0. The van der Waals surface area contributed by atoms with Gasteiger partial charge in [-0.2, -0.15) is 0 Å². The minimum Gasteiger partial charge on any atom is -0.368 e. The Bertz CT molecular complexity index is 944. The number of hydrogen-bond donors (Lipinski definition) is 0. The van der Waals surface area contributed by atoms with E-state index in [2.05, 4.69) is 16.0 Å². The molecule has 2 heterocycles. The Kier molecular flexibility index (Phi) is 4.55. The zero-order valence-corrected chi connectivity index (χ0v) is 15.5. The number of amides is 1. The molecule has 0 spiro atoms. The number of carbonyl (C=O) groups excluding carboxylic acids is 1. The van der Waals surface area contributed by atoms with Crippen molar-refractivity contribution in [3.05, 3.63) is 59.4 Å². The highest BCUT2D eigenvalue weighted by Crippen LogP contribution is 2.21. The van der Waals surface area contributed by atoms with Crippen LogP contribution in [0.2, 0.25) is 5.02 Å². The third-order valence-electron chi connectivity index (χ3n) is 4.94. The number of para-hydroxylation sites is 2. The van der Waals surface area contributed by atoms with Crippen LogP contribution < -0.4 is 4.90 Å². The molecule has 0 saturated carbocycles. The summed E-state index contributed by atoms with van der Waals surface area (Å²) in [7, 11) is 0. The summed E-state index contributed by atoms with van der Waals surface area (Å²) in [6, 6.07) is 15.8. The van der Waals surface area contributed by atoms with Crippen molar-refractivity contribution in [1.82, 2.24) is 14.5 Å². The zero-order valence-electron chi connectivity index (χ0n) is 14.7. The van der Waals surface area contributed by atoms with Gasteiger partial charge in [0.1, 0.15) is 12.4 Å². The fraction of sp³-hybridized carbons (Fsp3) is 0.300. The highest BCUT2D eigenvalue weighted by molar-refractivity contribution is 6.30. The summed E-state index contributed by atoms with van der Waals surface area (Å²) in [6.45, 7) is 5.35. The van der Waals surface area contributed by atoms with Gasteiger partial charge in [-0.05, 0) is 37.3 Å². The molecule has 0 bridgehead atoms. The molecule has 6 heteroatoms. The van der Waals surface area contributed by atoms with E-state index in [-0.39, 0.29) is 5.91 Å². The molecule has 0 atom stereocenters. The molecule has 1 saturated heterocycles. The second-order valence-corrected chi connectivity index (χ2v) is 7.02. The van der Waals surface area contributed by atoms with E-state index in [4.69, 9.17) is 11.6 Å². The first-order chi connectivity index (χ1) is 12.6. The number of aryl methyl sites for hydroxylation is 1. The van der Waals surface area contributed by atoms with E-state index in [0.717, 1.165) is 53.7 Å². The maximum Gasteiger partial charge on any atom is 0.242 e. The van der Waals surface area contributed by atoms with Crippen molar-refractivity contribution in [2.75, 3.05) is 31.1 Å². The molecule has 0 radical (unpaired) electrons. The van der Waals surface area contributed by atoms with Crippen LogP contribution in [0.5, 0.6) is 0 Å². The van der Waals surface area contributed by atoms with Crippen LogP contribution in [0, 0.1) is 6.92 Å². The second-order valence-electron chi connectivity index (χ2n) is 6.58. The van der Waals surface area contributed by atoms with Crippen molar-refractivity contribution < 1.29 is 4.79 Å². The van der Waals surface area contributed by atoms with E-state index in [0.29, 0.717) is 6.54 Å². The molecule has 5 nitrogen and oxygen atoms in total. The first-order valence-corrected chi connectivity index (χ1v) is 9.20. The Labute approximate surface area is 157 Å². The Morgan fingerprint density at radius 1 is 1.08 bits per heavy atom. The molecule has 0 aliphatic carbocycles. The summed E-state index contributed by atoms with van der Waals surface area (Å²) in [5, 5.41) is 0.739. The van der Waals surface area contributed by atoms with Gasteiger partial charge in [0.25, 0.3) is 0 Å². The molecule has 1 aliphatic heterocycles. The predicted molar refractivity (Wildman–Crippen MR) is 105 cm³/mol. The lowest BCUT2D eigenvalue weighted by atomic mass is 10.2. The number of hydrogen-bond acceptors (Lipinski definition) is 3. The predicted octanol–water partition coefficient (Wildman–Crippen LogP) is 3.35. The smallest absolute Gasteiger partial charge is 0.242 e. The molecule has 1 aromatic heterocycles. The first-order valence-electron chi connectivity index (χ1n) is 8.82. The molecule has 0 unspecified atom stereocenters. The lowest BCUT2D eigenvalue weighted by Crippen LogP contribution is -2.49. The minimum atomic E-state index is 0.141. The van der Waals surface area contributed by atoms with Gasteiger partial charge in [0.05, 0.1) is 11.0 Å². The fourth-order valence-corrected chi connectivity index (χ4v) is 3.70. The van der Waals surface area contributed by atoms with Gasteiger partial charge in [-0.25, -0.2) is 4.98 Å². The number of piperazine rings is 1. The fourth-order valence-electron chi connectivity index (χ4n) is 3.52. The molecule has 134 valence electrons. The van der Waals surface area contributed by atoms with E-state index >= 15 is 0 Å². The summed E-state index contributed by atoms with van der Waals surface area (Å²) in [5.74, 6) is 1.01. The van der Waals surface area contributed by atoms with Gasteiger partial charge in [-0.3, -0.25) is 4.79 Å². The molecule has 1 aliphatic rings. The average Bonchev–Trinajstić information content (AvgIpc) is 2.97. The van der Waals surface area contributed by atoms with E-state index < -0.39 is 0 Å². The van der Waals surface area contributed by atoms with Gasteiger partial charge in [0.15, 0.2) is 0 Å². The number of nitrogens with zero attached hydrogens (tertiary/aromatic N) is 4. The number of imidazole rings is 1. The van der Waals surface area contributed by atoms with Gasteiger partial charge in [-0.1, -0.05) is 29.8 Å². The Hall–Kier alpha value is -2.53. The van der Waals surface area contributed by atoms with Gasteiger partial charge < -0.3 is 14.4 Å². The Balaban J connectivity index is 1.43. The molecule has 3 aromatic rings. The number of fused-ring (bicyclic) bond motifs is 1. The lowest BCUT2D eigenvalue weighted by molar-refractivity contribution is -0.132. The standard InChI is InChI=1S/C20H21ClN4O/c1-15-22-18-7-2-3-8-19(18)25(15)14-20(26)24-11-9-23(10-12-24)17-6-4-5-16(21)13-17/h2-8,13H,9-12,14H2,1H3. The molecule has 0 N–H and O–H groups in total. The lowest BCUT2D eigenvalue weighted by Gasteiger charge is -2.36. The quantitative estimate of drug-likeness (QED) is 0.712. The molecular weight excluding hydrogens is 348 g/mol. The number of aromatic nitrogens is 2. The van der Waals surface area contributed by atoms with E-state index in [1.165, 1.54) is 0 Å². The number of halogens is 1. The van der Waals surface area contributed by atoms with Crippen LogP contribution in [0.4, 0.5) is 5.69 Å². The molecule has 4 rings (SSSR count). The van der Waals surface area contributed by atoms with Gasteiger partial charge >= 0.3 is 0 Å². The van der Waals surface area contributed by atoms with Crippen molar-refractivity contribution >= 4 is 34.2 Å². The molecular formula is C20H21ClN4O. The van der Waals surface area contributed by atoms with Crippen LogP contribution in [-0.2, 0) is 11.3 Å². The van der Waals surface area contributed by atoms with Crippen molar-refractivity contribution in [2.24, 2.45) is 0 Å². The van der Waals surface area contributed by atoms with Gasteiger partial charge in [-0.15, -0.1) is 0 Å². The Morgan fingerprint density at radius 2 is 1.85 bits per heavy atom. The largest absolute Gasteiger partial charge is 0.368 e. The van der Waals surface area contributed by atoms with Gasteiger partial charge in [0.2, 0.25) is 5.91 Å². The SMILES string of the molecule is Cc1nc2ccccc2n1CC(=O)N1CCN(c2cccc(Cl)c2)CC1. The van der Waals surface area contributed by atoms with E-state index in [1.807, 2.05) is 58.9 Å². The monoisotopic (exact) mass is 368 g/mol. The number of benzene rings is 2. The Morgan fingerprint density at radius 3 is 2.62 bits per heavy atom. The van der Waals surface area contributed by atoms with Crippen LogP contribution >= 0.6 is 11.6 Å². The highest BCUT2D eigenvalue weighted by atomic mass is 35.5. The van der Waals surface area contributed by atoms with Crippen LogP contribution in [-0.4, -0.2) is 46.5 Å². The van der Waals surface area contributed by atoms with Crippen molar-refractivity contribution in [3.8, 4) is 0 Å². The molecule has 1 fully saturated rings. The summed E-state index contributed by atoms with van der Waals surface area (Å²) < 4.78 is 2.00. The van der Waals surface area contributed by atoms with Crippen molar-refractivity contribution in [2.45, 2.75) is 13.5 Å². The van der Waals surface area contributed by atoms with Crippen LogP contribution in [0.15, 0.2) is 48.5 Å². The van der Waals surface area contributed by atoms with Crippen LogP contribution in [0.25, 0.3) is 11.0 Å². The minimum absolute atomic E-state index is 0.141. The van der Waals surface area contributed by atoms with Gasteiger partial charge in [0, 0.05) is 36.9 Å². The first kappa shape index (κ1) is 16.9. The maximum atomic E-state index is 12.8. The molecule has 2 aromatic carbocycles. The average molecular weight is 369 g/mol. The molecule has 1 amide bonds. The summed E-state index contributed by atoms with van der Waals surface area (Å²) in [4.78, 5) is 21.6. The number of rotatable bonds is 3. The third-order valence-corrected chi connectivity index (χ3v) is 5.18. The topological polar surface area (TPSA) is 41.4 Å². The maximum absolute atomic E-state index is 12.8. The normalized spacial score (nSPS) is 14.8.